The van der Waals surface area contributed by atoms with Crippen LogP contribution >= 0.6 is 0 Å². The van der Waals surface area contributed by atoms with Gasteiger partial charge in [-0.1, -0.05) is 18.2 Å². The summed E-state index contributed by atoms with van der Waals surface area (Å²) >= 11 is 0. The summed E-state index contributed by atoms with van der Waals surface area (Å²) in [7, 11) is 0. The van der Waals surface area contributed by atoms with Crippen molar-refractivity contribution in [1.29, 1.82) is 0 Å². The van der Waals surface area contributed by atoms with Gasteiger partial charge in [0.25, 0.3) is 0 Å². The number of aryl methyl sites for hydroxylation is 1. The number of hydrogen-bond acceptors (Lipinski definition) is 3. The Labute approximate surface area is 114 Å². The summed E-state index contributed by atoms with van der Waals surface area (Å²) in [5, 5.41) is 14.2. The number of aliphatic hydroxyl groups is 1. The van der Waals surface area contributed by atoms with E-state index in [1.165, 1.54) is 0 Å². The molecule has 4 nitrogen and oxygen atoms in total. The number of para-hydroxylation sites is 1. The molecule has 2 aromatic rings. The average Bonchev–Trinajstić information content (AvgIpc) is 2.78. The van der Waals surface area contributed by atoms with E-state index >= 15 is 0 Å². The number of aromatic nitrogens is 2. The zero-order valence-corrected chi connectivity index (χ0v) is 11.8. The van der Waals surface area contributed by atoms with Gasteiger partial charge in [0.05, 0.1) is 18.0 Å². The Morgan fingerprint density at radius 2 is 1.79 bits per heavy atom. The van der Waals surface area contributed by atoms with Crippen LogP contribution in [0.25, 0.3) is 5.69 Å². The summed E-state index contributed by atoms with van der Waals surface area (Å²) in [6.07, 6.45) is 0. The van der Waals surface area contributed by atoms with Crippen molar-refractivity contribution in [2.45, 2.75) is 27.4 Å². The van der Waals surface area contributed by atoms with Gasteiger partial charge in [0.15, 0.2) is 0 Å². The van der Waals surface area contributed by atoms with Crippen molar-refractivity contribution in [3.05, 3.63) is 41.6 Å². The molecule has 0 radical (unpaired) electrons. The van der Waals surface area contributed by atoms with Crippen molar-refractivity contribution in [2.75, 3.05) is 18.0 Å². The molecule has 0 aliphatic rings. The van der Waals surface area contributed by atoms with Gasteiger partial charge in [-0.25, -0.2) is 4.68 Å². The Balaban J connectivity index is 2.61. The summed E-state index contributed by atoms with van der Waals surface area (Å²) in [5.74, 6) is 0.996. The molecule has 0 amide bonds. The van der Waals surface area contributed by atoms with Crippen LogP contribution < -0.4 is 4.90 Å². The molecule has 19 heavy (non-hydrogen) atoms. The average molecular weight is 259 g/mol. The minimum absolute atomic E-state index is 0.0184. The number of rotatable bonds is 5. The van der Waals surface area contributed by atoms with Gasteiger partial charge in [0.2, 0.25) is 0 Å². The van der Waals surface area contributed by atoms with E-state index in [1.807, 2.05) is 41.9 Å². The highest BCUT2D eigenvalue weighted by atomic mass is 16.3. The van der Waals surface area contributed by atoms with Crippen molar-refractivity contribution in [1.82, 2.24) is 9.78 Å². The molecule has 0 aliphatic heterocycles. The quantitative estimate of drug-likeness (QED) is 0.897. The number of benzene rings is 1. The first-order valence-corrected chi connectivity index (χ1v) is 6.72. The molecule has 1 aromatic heterocycles. The van der Waals surface area contributed by atoms with Gasteiger partial charge in [-0.3, -0.25) is 0 Å². The lowest BCUT2D eigenvalue weighted by molar-refractivity contribution is 0.281. The smallest absolute Gasteiger partial charge is 0.138 e. The Morgan fingerprint density at radius 3 is 2.32 bits per heavy atom. The van der Waals surface area contributed by atoms with Crippen LogP contribution in [-0.4, -0.2) is 28.0 Å². The van der Waals surface area contributed by atoms with Gasteiger partial charge < -0.3 is 10.0 Å². The third-order valence-corrected chi connectivity index (χ3v) is 3.38. The zero-order chi connectivity index (χ0) is 13.8. The molecule has 0 spiro atoms. The fourth-order valence-electron chi connectivity index (χ4n) is 2.33. The van der Waals surface area contributed by atoms with Crippen molar-refractivity contribution in [3.8, 4) is 5.69 Å². The van der Waals surface area contributed by atoms with Crippen LogP contribution in [0.15, 0.2) is 30.3 Å². The SMILES string of the molecule is CCN(CC)c1c(CO)c(C)nn1-c1ccccc1. The first kappa shape index (κ1) is 13.6. The van der Waals surface area contributed by atoms with Crippen LogP contribution in [0.1, 0.15) is 25.1 Å². The maximum atomic E-state index is 9.62. The molecule has 2 rings (SSSR count). The van der Waals surface area contributed by atoms with Gasteiger partial charge in [-0.05, 0) is 32.9 Å². The highest BCUT2D eigenvalue weighted by Gasteiger charge is 2.19. The van der Waals surface area contributed by atoms with E-state index in [0.717, 1.165) is 35.9 Å². The van der Waals surface area contributed by atoms with E-state index in [2.05, 4.69) is 23.8 Å². The lowest BCUT2D eigenvalue weighted by Gasteiger charge is -2.23. The molecule has 0 fully saturated rings. The predicted octanol–water partition coefficient (Wildman–Crippen LogP) is 2.52. The van der Waals surface area contributed by atoms with E-state index in [9.17, 15) is 5.11 Å². The highest BCUT2D eigenvalue weighted by Crippen LogP contribution is 2.27. The number of anilines is 1. The summed E-state index contributed by atoms with van der Waals surface area (Å²) < 4.78 is 1.92. The second-order valence-electron chi connectivity index (χ2n) is 4.47. The predicted molar refractivity (Wildman–Crippen MR) is 77.8 cm³/mol. The van der Waals surface area contributed by atoms with E-state index < -0.39 is 0 Å². The fourth-order valence-corrected chi connectivity index (χ4v) is 2.33. The monoisotopic (exact) mass is 259 g/mol. The van der Waals surface area contributed by atoms with Gasteiger partial charge >= 0.3 is 0 Å². The Morgan fingerprint density at radius 1 is 1.16 bits per heavy atom. The maximum Gasteiger partial charge on any atom is 0.138 e. The summed E-state index contributed by atoms with van der Waals surface area (Å²) in [6, 6.07) is 10.0. The molecule has 0 atom stereocenters. The normalized spacial score (nSPS) is 10.7. The Hall–Kier alpha value is -1.81. The summed E-state index contributed by atoms with van der Waals surface area (Å²) in [6.45, 7) is 7.97. The van der Waals surface area contributed by atoms with E-state index in [-0.39, 0.29) is 6.61 Å². The van der Waals surface area contributed by atoms with E-state index in [1.54, 1.807) is 0 Å². The third-order valence-electron chi connectivity index (χ3n) is 3.38. The molecule has 102 valence electrons. The van der Waals surface area contributed by atoms with Crippen molar-refractivity contribution >= 4 is 5.82 Å². The van der Waals surface area contributed by atoms with Crippen molar-refractivity contribution < 1.29 is 5.11 Å². The van der Waals surface area contributed by atoms with Crippen LogP contribution in [0.3, 0.4) is 0 Å². The van der Waals surface area contributed by atoms with Gasteiger partial charge in [0.1, 0.15) is 5.82 Å². The minimum atomic E-state index is 0.0184. The minimum Gasteiger partial charge on any atom is -0.391 e. The lowest BCUT2D eigenvalue weighted by atomic mass is 10.2. The third kappa shape index (κ3) is 2.49. The van der Waals surface area contributed by atoms with Crippen LogP contribution in [0.5, 0.6) is 0 Å². The molecule has 0 saturated carbocycles. The number of hydrogen-bond donors (Lipinski definition) is 1. The zero-order valence-electron chi connectivity index (χ0n) is 11.8. The van der Waals surface area contributed by atoms with Crippen LogP contribution in [0.2, 0.25) is 0 Å². The maximum absolute atomic E-state index is 9.62. The van der Waals surface area contributed by atoms with Crippen LogP contribution in [0, 0.1) is 6.92 Å². The molecular weight excluding hydrogens is 238 g/mol. The van der Waals surface area contributed by atoms with Crippen LogP contribution in [0.4, 0.5) is 5.82 Å². The number of nitrogens with zero attached hydrogens (tertiary/aromatic N) is 3. The van der Waals surface area contributed by atoms with Crippen LogP contribution in [-0.2, 0) is 6.61 Å². The van der Waals surface area contributed by atoms with Gasteiger partial charge in [-0.15, -0.1) is 0 Å². The molecule has 0 bridgehead atoms. The number of aliphatic hydroxyl groups excluding tert-OH is 1. The standard InChI is InChI=1S/C15H21N3O/c1-4-17(5-2)15-14(11-19)12(3)16-18(15)13-9-7-6-8-10-13/h6-10,19H,4-5,11H2,1-3H3. The van der Waals surface area contributed by atoms with Gasteiger partial charge in [0, 0.05) is 18.7 Å². The molecule has 0 aliphatic carbocycles. The molecule has 1 heterocycles. The molecule has 4 heteroatoms. The second-order valence-corrected chi connectivity index (χ2v) is 4.47. The fraction of sp³-hybridized carbons (Fsp3) is 0.400. The topological polar surface area (TPSA) is 41.3 Å². The first-order chi connectivity index (χ1) is 9.22. The Bertz CT molecular complexity index is 530. The van der Waals surface area contributed by atoms with E-state index in [0.29, 0.717) is 0 Å². The molecule has 1 N–H and O–H groups in total. The molecule has 0 unspecified atom stereocenters. The summed E-state index contributed by atoms with van der Waals surface area (Å²) in [4.78, 5) is 2.22. The molecular formula is C15H21N3O. The first-order valence-electron chi connectivity index (χ1n) is 6.72. The van der Waals surface area contributed by atoms with Gasteiger partial charge in [-0.2, -0.15) is 5.10 Å². The van der Waals surface area contributed by atoms with E-state index in [4.69, 9.17) is 0 Å². The summed E-state index contributed by atoms with van der Waals surface area (Å²) in [5.41, 5.74) is 2.81. The molecule has 1 aromatic carbocycles. The lowest BCUT2D eigenvalue weighted by Crippen LogP contribution is -2.25. The largest absolute Gasteiger partial charge is 0.391 e. The Kier molecular flexibility index (Phi) is 4.22. The molecule has 0 saturated heterocycles. The highest BCUT2D eigenvalue weighted by molar-refractivity contribution is 5.55. The van der Waals surface area contributed by atoms with Crippen molar-refractivity contribution in [3.63, 3.8) is 0 Å². The second kappa shape index (κ2) is 5.89. The van der Waals surface area contributed by atoms with Crippen molar-refractivity contribution in [2.24, 2.45) is 0 Å².